The molecule has 2 heterocycles. The molecular weight excluding hydrogens is 464 g/mol. The van der Waals surface area contributed by atoms with Crippen LogP contribution in [0.3, 0.4) is 0 Å². The van der Waals surface area contributed by atoms with E-state index < -0.39 is 6.04 Å². The number of nitrogens with one attached hydrogen (secondary N) is 3. The van der Waals surface area contributed by atoms with Crippen LogP contribution in [0.4, 0.5) is 10.5 Å². The lowest BCUT2D eigenvalue weighted by Gasteiger charge is -2.35. The normalized spacial score (nSPS) is 15.0. The molecule has 3 rings (SSSR count). The lowest BCUT2D eigenvalue weighted by Crippen LogP contribution is -2.54. The van der Waals surface area contributed by atoms with Crippen LogP contribution in [0.5, 0.6) is 0 Å². The maximum absolute atomic E-state index is 12.9. The first kappa shape index (κ1) is 25.0. The van der Waals surface area contributed by atoms with Crippen LogP contribution < -0.4 is 16.0 Å². The Bertz CT molecular complexity index is 932. The smallest absolute Gasteiger partial charge is 0.321 e. The van der Waals surface area contributed by atoms with Gasteiger partial charge in [-0.3, -0.25) is 9.59 Å². The van der Waals surface area contributed by atoms with E-state index in [4.69, 9.17) is 16.3 Å². The molecule has 1 aliphatic heterocycles. The largest absolute Gasteiger partial charge is 0.385 e. The van der Waals surface area contributed by atoms with Gasteiger partial charge in [-0.15, -0.1) is 11.3 Å². The zero-order valence-corrected chi connectivity index (χ0v) is 20.1. The van der Waals surface area contributed by atoms with E-state index in [9.17, 15) is 14.4 Å². The number of rotatable bonds is 9. The van der Waals surface area contributed by atoms with Gasteiger partial charge in [0.1, 0.15) is 6.04 Å². The average molecular weight is 493 g/mol. The van der Waals surface area contributed by atoms with Gasteiger partial charge in [-0.2, -0.15) is 0 Å². The van der Waals surface area contributed by atoms with E-state index in [2.05, 4.69) is 16.0 Å². The van der Waals surface area contributed by atoms with Crippen molar-refractivity contribution in [1.82, 2.24) is 15.5 Å². The monoisotopic (exact) mass is 492 g/mol. The molecule has 0 saturated carbocycles. The third-order valence-electron chi connectivity index (χ3n) is 5.51. The molecule has 8 nitrogen and oxygen atoms in total. The highest BCUT2D eigenvalue weighted by atomic mass is 35.5. The zero-order chi connectivity index (χ0) is 23.6. The molecule has 1 aromatic heterocycles. The summed E-state index contributed by atoms with van der Waals surface area (Å²) in [6, 6.07) is 9.65. The third-order valence-corrected chi connectivity index (χ3v) is 6.62. The van der Waals surface area contributed by atoms with Gasteiger partial charge in [0.25, 0.3) is 5.91 Å². The van der Waals surface area contributed by atoms with E-state index in [1.807, 2.05) is 5.38 Å². The SMILES string of the molecule is COCCCNC(=O)C(NC(=O)c1cccs1)C1CCN(C(=O)Nc2cccc(Cl)c2)CC1. The number of thiophene rings is 1. The molecule has 3 N–H and O–H groups in total. The number of ether oxygens (including phenoxy) is 1. The van der Waals surface area contributed by atoms with E-state index in [0.717, 1.165) is 0 Å². The molecule has 1 aliphatic rings. The molecule has 2 aromatic rings. The van der Waals surface area contributed by atoms with E-state index in [1.165, 1.54) is 11.3 Å². The van der Waals surface area contributed by atoms with Crippen molar-refractivity contribution >= 4 is 46.5 Å². The van der Waals surface area contributed by atoms with Crippen molar-refractivity contribution in [2.24, 2.45) is 5.92 Å². The fourth-order valence-electron chi connectivity index (χ4n) is 3.76. The van der Waals surface area contributed by atoms with Crippen LogP contribution in [-0.4, -0.2) is 62.1 Å². The molecule has 178 valence electrons. The van der Waals surface area contributed by atoms with E-state index >= 15 is 0 Å². The first-order chi connectivity index (χ1) is 16.0. The van der Waals surface area contributed by atoms with Crippen molar-refractivity contribution in [3.05, 3.63) is 51.7 Å². The Balaban J connectivity index is 1.59. The summed E-state index contributed by atoms with van der Waals surface area (Å²) in [4.78, 5) is 40.5. The Morgan fingerprint density at radius 2 is 2.00 bits per heavy atom. The standard InChI is InChI=1S/C23H29ClN4O4S/c1-32-13-4-10-25-22(30)20(27-21(29)19-7-3-14-33-19)16-8-11-28(12-9-16)23(31)26-18-6-2-5-17(24)15-18/h2-3,5-7,14-16,20H,4,8-13H2,1H3,(H,25,30)(H,26,31)(H,27,29). The van der Waals surface area contributed by atoms with Crippen molar-refractivity contribution in [2.75, 3.05) is 38.7 Å². The molecule has 1 atom stereocenters. The third kappa shape index (κ3) is 7.45. The van der Waals surface area contributed by atoms with Crippen molar-refractivity contribution < 1.29 is 19.1 Å². The van der Waals surface area contributed by atoms with Gasteiger partial charge in [0.2, 0.25) is 5.91 Å². The fraction of sp³-hybridized carbons (Fsp3) is 0.435. The number of hydrogen-bond donors (Lipinski definition) is 3. The minimum absolute atomic E-state index is 0.0773. The number of carbonyl (C=O) groups excluding carboxylic acids is 3. The molecule has 1 unspecified atom stereocenters. The summed E-state index contributed by atoms with van der Waals surface area (Å²) >= 11 is 7.32. The first-order valence-electron chi connectivity index (χ1n) is 10.9. The summed E-state index contributed by atoms with van der Waals surface area (Å²) in [5.74, 6) is -0.549. The molecule has 0 bridgehead atoms. The number of halogens is 1. The quantitative estimate of drug-likeness (QED) is 0.466. The van der Waals surface area contributed by atoms with Crippen molar-refractivity contribution in [2.45, 2.75) is 25.3 Å². The molecule has 4 amide bonds. The van der Waals surface area contributed by atoms with E-state index in [0.29, 0.717) is 61.1 Å². The minimum atomic E-state index is -0.666. The molecule has 1 saturated heterocycles. The van der Waals surface area contributed by atoms with Gasteiger partial charge in [0.15, 0.2) is 0 Å². The predicted octanol–water partition coefficient (Wildman–Crippen LogP) is 3.60. The molecule has 1 fully saturated rings. The summed E-state index contributed by atoms with van der Waals surface area (Å²) in [6.45, 7) is 1.99. The van der Waals surface area contributed by atoms with Crippen molar-refractivity contribution in [3.63, 3.8) is 0 Å². The van der Waals surface area contributed by atoms with Gasteiger partial charge >= 0.3 is 6.03 Å². The number of carbonyl (C=O) groups is 3. The van der Waals surface area contributed by atoms with Crippen LogP contribution in [0.25, 0.3) is 0 Å². The summed E-state index contributed by atoms with van der Waals surface area (Å²) in [6.07, 6.45) is 1.89. The number of piperidine rings is 1. The second-order valence-corrected chi connectivity index (χ2v) is 9.21. The van der Waals surface area contributed by atoms with Gasteiger partial charge in [0.05, 0.1) is 4.88 Å². The Morgan fingerprint density at radius 1 is 1.21 bits per heavy atom. The topological polar surface area (TPSA) is 99.8 Å². The van der Waals surface area contributed by atoms with Gasteiger partial charge in [0, 0.05) is 44.1 Å². The van der Waals surface area contributed by atoms with Gasteiger partial charge < -0.3 is 25.6 Å². The molecule has 0 aliphatic carbocycles. The Hall–Kier alpha value is -2.62. The van der Waals surface area contributed by atoms with Crippen LogP contribution in [0.2, 0.25) is 5.02 Å². The van der Waals surface area contributed by atoms with Crippen LogP contribution >= 0.6 is 22.9 Å². The van der Waals surface area contributed by atoms with Gasteiger partial charge in [-0.05, 0) is 54.8 Å². The number of benzene rings is 1. The summed E-state index contributed by atoms with van der Waals surface area (Å²) < 4.78 is 5.03. The minimum Gasteiger partial charge on any atom is -0.385 e. The number of methoxy groups -OCH3 is 1. The fourth-order valence-corrected chi connectivity index (χ4v) is 4.58. The highest BCUT2D eigenvalue weighted by Gasteiger charge is 2.34. The van der Waals surface area contributed by atoms with Crippen LogP contribution in [0, 0.1) is 5.92 Å². The number of likely N-dealkylation sites (tertiary alicyclic amines) is 1. The highest BCUT2D eigenvalue weighted by molar-refractivity contribution is 7.12. The van der Waals surface area contributed by atoms with Crippen LogP contribution in [-0.2, 0) is 9.53 Å². The average Bonchev–Trinajstić information content (AvgIpc) is 3.35. The van der Waals surface area contributed by atoms with Gasteiger partial charge in [-0.1, -0.05) is 23.7 Å². The summed E-state index contributed by atoms with van der Waals surface area (Å²) in [5, 5.41) is 11.0. The van der Waals surface area contributed by atoms with E-state index in [-0.39, 0.29) is 23.8 Å². The molecular formula is C23H29ClN4O4S. The summed E-state index contributed by atoms with van der Waals surface area (Å²) in [7, 11) is 1.61. The van der Waals surface area contributed by atoms with Crippen LogP contribution in [0.1, 0.15) is 28.9 Å². The Labute approximate surface area is 202 Å². The number of hydrogen-bond acceptors (Lipinski definition) is 5. The molecule has 1 aromatic carbocycles. The number of amides is 4. The maximum Gasteiger partial charge on any atom is 0.321 e. The Morgan fingerprint density at radius 3 is 2.67 bits per heavy atom. The van der Waals surface area contributed by atoms with Gasteiger partial charge in [-0.25, -0.2) is 4.79 Å². The molecule has 0 spiro atoms. The first-order valence-corrected chi connectivity index (χ1v) is 12.2. The van der Waals surface area contributed by atoms with Crippen molar-refractivity contribution in [1.29, 1.82) is 0 Å². The lowest BCUT2D eigenvalue weighted by molar-refractivity contribution is -0.124. The molecule has 10 heteroatoms. The van der Waals surface area contributed by atoms with Crippen LogP contribution in [0.15, 0.2) is 41.8 Å². The summed E-state index contributed by atoms with van der Waals surface area (Å²) in [5.41, 5.74) is 0.631. The zero-order valence-electron chi connectivity index (χ0n) is 18.5. The Kier molecular flexibility index (Phi) is 9.53. The van der Waals surface area contributed by atoms with Crippen molar-refractivity contribution in [3.8, 4) is 0 Å². The molecule has 33 heavy (non-hydrogen) atoms. The molecule has 0 radical (unpaired) electrons. The number of anilines is 1. The number of urea groups is 1. The second-order valence-electron chi connectivity index (χ2n) is 7.83. The highest BCUT2D eigenvalue weighted by Crippen LogP contribution is 2.23. The maximum atomic E-state index is 12.9. The number of nitrogens with zero attached hydrogens (tertiary/aromatic N) is 1. The predicted molar refractivity (Wildman–Crippen MR) is 130 cm³/mol. The van der Waals surface area contributed by atoms with E-state index in [1.54, 1.807) is 48.4 Å². The second kappa shape index (κ2) is 12.6. The lowest BCUT2D eigenvalue weighted by atomic mass is 9.88.